The highest BCUT2D eigenvalue weighted by Crippen LogP contribution is 2.39. The maximum absolute atomic E-state index is 13.1. The third-order valence-corrected chi connectivity index (χ3v) is 4.26. The minimum Gasteiger partial charge on any atom is -0.768 e. The van der Waals surface area contributed by atoms with Gasteiger partial charge in [0.25, 0.3) is 0 Å². The number of hydrogen-bond acceptors (Lipinski definition) is 5. The molecule has 0 aliphatic heterocycles. The van der Waals surface area contributed by atoms with Gasteiger partial charge >= 0.3 is 17.1 Å². The molecule has 0 aromatic heterocycles. The molecule has 1 aliphatic rings. The van der Waals surface area contributed by atoms with Gasteiger partial charge in [-0.1, -0.05) is 0 Å². The Morgan fingerprint density at radius 1 is 1.23 bits per heavy atom. The molecule has 1 aliphatic carbocycles. The van der Waals surface area contributed by atoms with Crippen LogP contribution < -0.4 is 0 Å². The van der Waals surface area contributed by atoms with Crippen LogP contribution in [0.2, 0.25) is 0 Å². The monoisotopic (exact) mass is 349 g/mol. The van der Waals surface area contributed by atoms with Gasteiger partial charge in [0.05, 0.1) is 18.6 Å². The van der Waals surface area contributed by atoms with E-state index in [0.717, 1.165) is 0 Å². The quantitative estimate of drug-likeness (QED) is 0.329. The van der Waals surface area contributed by atoms with Crippen molar-refractivity contribution in [3.8, 4) is 0 Å². The van der Waals surface area contributed by atoms with Crippen molar-refractivity contribution in [1.82, 2.24) is 0 Å². The van der Waals surface area contributed by atoms with E-state index >= 15 is 0 Å². The number of carbonyl (C=O) groups is 1. The second-order valence-electron chi connectivity index (χ2n) is 5.23. The molecule has 1 unspecified atom stereocenters. The predicted molar refractivity (Wildman–Crippen MR) is 67.0 cm³/mol. The first-order chi connectivity index (χ1) is 10.1. The summed E-state index contributed by atoms with van der Waals surface area (Å²) in [5.74, 6) is -5.77. The third-order valence-electron chi connectivity index (χ3n) is 3.54. The fourth-order valence-electron chi connectivity index (χ4n) is 2.16. The Bertz CT molecular complexity index is 410. The Morgan fingerprint density at radius 2 is 1.77 bits per heavy atom. The summed E-state index contributed by atoms with van der Waals surface area (Å²) in [7, 11) is 0. The smallest absolute Gasteiger partial charge is 0.371 e. The van der Waals surface area contributed by atoms with Gasteiger partial charge in [0, 0.05) is 17.5 Å². The number of halogens is 4. The van der Waals surface area contributed by atoms with E-state index in [0.29, 0.717) is 25.7 Å². The number of ether oxygens (including phenoxy) is 1. The lowest BCUT2D eigenvalue weighted by atomic mass is 9.87. The van der Waals surface area contributed by atoms with Gasteiger partial charge in [0.2, 0.25) is 0 Å². The highest BCUT2D eigenvalue weighted by atomic mass is 32.2. The van der Waals surface area contributed by atoms with Crippen molar-refractivity contribution in [2.24, 2.45) is 5.92 Å². The summed E-state index contributed by atoms with van der Waals surface area (Å²) in [4.78, 5) is 11.6. The first-order valence-corrected chi connectivity index (χ1v) is 7.85. The first kappa shape index (κ1) is 19.3. The van der Waals surface area contributed by atoms with E-state index in [1.54, 1.807) is 0 Å². The predicted octanol–water partition coefficient (Wildman–Crippen LogP) is 1.97. The molecule has 0 amide bonds. The van der Waals surface area contributed by atoms with Crippen molar-refractivity contribution in [3.05, 3.63) is 0 Å². The summed E-state index contributed by atoms with van der Waals surface area (Å²) >= 11 is -4.23. The molecule has 0 radical (unpaired) electrons. The first-order valence-electron chi connectivity index (χ1n) is 6.77. The molecule has 5 nitrogen and oxygen atoms in total. The summed E-state index contributed by atoms with van der Waals surface area (Å²) in [5.41, 5.74) is 0. The van der Waals surface area contributed by atoms with E-state index in [1.165, 1.54) is 0 Å². The van der Waals surface area contributed by atoms with Crippen molar-refractivity contribution < 1.29 is 41.0 Å². The zero-order valence-corrected chi connectivity index (χ0v) is 12.4. The van der Waals surface area contributed by atoms with Gasteiger partial charge in [-0.25, -0.2) is 0 Å². The van der Waals surface area contributed by atoms with Crippen molar-refractivity contribution >= 4 is 17.0 Å². The minimum absolute atomic E-state index is 0.420. The normalized spacial score (nSPS) is 24.8. The molecule has 1 saturated carbocycles. The van der Waals surface area contributed by atoms with Crippen LogP contribution in [0.25, 0.3) is 0 Å². The van der Waals surface area contributed by atoms with Crippen molar-refractivity contribution in [2.75, 3.05) is 6.61 Å². The number of alkyl halides is 4. The van der Waals surface area contributed by atoms with Crippen LogP contribution in [-0.4, -0.2) is 43.7 Å². The summed E-state index contributed by atoms with van der Waals surface area (Å²) in [6.07, 6.45) is -0.727. The molecule has 130 valence electrons. The van der Waals surface area contributed by atoms with E-state index in [2.05, 4.69) is 0 Å². The average Bonchev–Trinajstić information content (AvgIpc) is 2.43. The van der Waals surface area contributed by atoms with E-state index < -0.39 is 59.7 Å². The van der Waals surface area contributed by atoms with E-state index in [1.807, 2.05) is 0 Å². The molecule has 10 heteroatoms. The minimum atomic E-state index is -5.16. The van der Waals surface area contributed by atoms with Gasteiger partial charge in [0.1, 0.15) is 0 Å². The molecule has 0 aromatic carbocycles. The molecule has 1 fully saturated rings. The fraction of sp³-hybridized carbons (Fsp3) is 0.917. The van der Waals surface area contributed by atoms with Crippen molar-refractivity contribution in [1.29, 1.82) is 0 Å². The van der Waals surface area contributed by atoms with Crippen LogP contribution in [0, 0.1) is 5.92 Å². The lowest BCUT2D eigenvalue weighted by molar-refractivity contribution is -0.166. The number of aliphatic hydroxyl groups is 1. The standard InChI is InChI=1S/C12H18F4O5S/c13-11(14,12(15,16)22(19)20)6-1-7-21-10(18)8-2-4-9(17)5-3-8/h8-9,17H,1-7H2,(H,19,20)/p-1. The number of aliphatic hydroxyl groups excluding tert-OH is 1. The summed E-state index contributed by atoms with van der Waals surface area (Å²) in [5, 5.41) is 4.12. The Morgan fingerprint density at radius 3 is 2.27 bits per heavy atom. The van der Waals surface area contributed by atoms with Crippen molar-refractivity contribution in [3.63, 3.8) is 0 Å². The molecular formula is C12H17F4O5S-. The van der Waals surface area contributed by atoms with E-state index in [-0.39, 0.29) is 0 Å². The molecule has 0 heterocycles. The Balaban J connectivity index is 2.33. The van der Waals surface area contributed by atoms with Gasteiger partial charge in [0.15, 0.2) is 0 Å². The molecule has 0 spiro atoms. The number of carbonyl (C=O) groups excluding carboxylic acids is 1. The van der Waals surface area contributed by atoms with Crippen LogP contribution >= 0.6 is 0 Å². The molecule has 1 rings (SSSR count). The lowest BCUT2D eigenvalue weighted by Gasteiger charge is -2.28. The topological polar surface area (TPSA) is 86.7 Å². The average molecular weight is 349 g/mol. The van der Waals surface area contributed by atoms with E-state index in [9.17, 15) is 36.2 Å². The SMILES string of the molecule is O=C(OCCCC(F)(F)C(F)(F)S(=O)[O-])C1CCC(O)CC1. The maximum Gasteiger partial charge on any atom is 0.371 e. The number of rotatable bonds is 7. The molecule has 1 atom stereocenters. The van der Waals surface area contributed by atoms with E-state index in [4.69, 9.17) is 4.74 Å². The lowest BCUT2D eigenvalue weighted by Crippen LogP contribution is -2.44. The molecule has 0 saturated heterocycles. The molecular weight excluding hydrogens is 332 g/mol. The third kappa shape index (κ3) is 4.88. The maximum atomic E-state index is 13.1. The van der Waals surface area contributed by atoms with Crippen LogP contribution in [0.1, 0.15) is 38.5 Å². The summed E-state index contributed by atoms with van der Waals surface area (Å²) in [6, 6.07) is 0. The molecule has 1 N–H and O–H groups in total. The van der Waals surface area contributed by atoms with Gasteiger partial charge < -0.3 is 14.4 Å². The summed E-state index contributed by atoms with van der Waals surface area (Å²) < 4.78 is 76.6. The number of esters is 1. The molecule has 0 bridgehead atoms. The highest BCUT2D eigenvalue weighted by molar-refractivity contribution is 7.80. The number of hydrogen-bond donors (Lipinski definition) is 1. The second-order valence-corrected chi connectivity index (χ2v) is 6.21. The van der Waals surface area contributed by atoms with Crippen LogP contribution in [-0.2, 0) is 20.6 Å². The highest BCUT2D eigenvalue weighted by Gasteiger charge is 2.56. The Labute approximate surface area is 127 Å². The zero-order chi connectivity index (χ0) is 17.0. The molecule has 22 heavy (non-hydrogen) atoms. The van der Waals surface area contributed by atoms with Gasteiger partial charge in [-0.05, 0) is 32.1 Å². The van der Waals surface area contributed by atoms with Crippen LogP contribution in [0.4, 0.5) is 17.6 Å². The van der Waals surface area contributed by atoms with Crippen molar-refractivity contribution in [2.45, 2.75) is 55.8 Å². The van der Waals surface area contributed by atoms with Crippen LogP contribution in [0.5, 0.6) is 0 Å². The zero-order valence-electron chi connectivity index (χ0n) is 11.6. The van der Waals surface area contributed by atoms with Gasteiger partial charge in [-0.2, -0.15) is 17.6 Å². The van der Waals surface area contributed by atoms with Gasteiger partial charge in [-0.15, -0.1) is 0 Å². The largest absolute Gasteiger partial charge is 0.768 e. The Hall–Kier alpha value is -0.740. The molecule has 0 aromatic rings. The summed E-state index contributed by atoms with van der Waals surface area (Å²) in [6.45, 7) is -0.491. The van der Waals surface area contributed by atoms with Crippen LogP contribution in [0.3, 0.4) is 0 Å². The Kier molecular flexibility index (Phi) is 6.75. The second kappa shape index (κ2) is 7.69. The van der Waals surface area contributed by atoms with Gasteiger partial charge in [-0.3, -0.25) is 9.00 Å². The fourth-order valence-corrected chi connectivity index (χ4v) is 2.51. The van der Waals surface area contributed by atoms with Crippen LogP contribution in [0.15, 0.2) is 0 Å².